The Balaban J connectivity index is 2.08. The minimum Gasteiger partial charge on any atom is -0.399 e. The molecule has 1 unspecified atom stereocenters. The Morgan fingerprint density at radius 3 is 2.45 bits per heavy atom. The molecule has 3 N–H and O–H groups in total. The Kier molecular flexibility index (Phi) is 5.50. The highest BCUT2D eigenvalue weighted by atomic mass is 32.2. The largest absolute Gasteiger partial charge is 0.399 e. The first-order chi connectivity index (χ1) is 10.5. The summed E-state index contributed by atoms with van der Waals surface area (Å²) in [6.45, 7) is 6.08. The summed E-state index contributed by atoms with van der Waals surface area (Å²) < 4.78 is 0. The van der Waals surface area contributed by atoms with Crippen molar-refractivity contribution >= 4 is 29.0 Å². The van der Waals surface area contributed by atoms with Gasteiger partial charge in [-0.25, -0.2) is 0 Å². The Hall–Kier alpha value is -1.94. The quantitative estimate of drug-likeness (QED) is 0.635. The molecule has 0 saturated heterocycles. The fraction of sp³-hybridized carbons (Fsp3) is 0.278. The molecule has 3 nitrogen and oxygen atoms in total. The van der Waals surface area contributed by atoms with Gasteiger partial charge in [0.1, 0.15) is 0 Å². The standard InChI is InChI=1S/C18H22N2OS/c1-4-17(22-16-7-5-6-14(19)11-16)18(21)20-15-9-12(2)8-13(3)10-15/h5-11,17H,4,19H2,1-3H3,(H,20,21). The van der Waals surface area contributed by atoms with Crippen LogP contribution in [0.4, 0.5) is 11.4 Å². The number of rotatable bonds is 5. The summed E-state index contributed by atoms with van der Waals surface area (Å²) >= 11 is 1.55. The summed E-state index contributed by atoms with van der Waals surface area (Å²) in [5, 5.41) is 2.88. The number of carbonyl (C=O) groups is 1. The van der Waals surface area contributed by atoms with Crippen LogP contribution in [0.3, 0.4) is 0 Å². The van der Waals surface area contributed by atoms with Crippen LogP contribution in [0.15, 0.2) is 47.4 Å². The highest BCUT2D eigenvalue weighted by Crippen LogP contribution is 2.28. The zero-order valence-electron chi connectivity index (χ0n) is 13.2. The number of thioether (sulfide) groups is 1. The third-order valence-electron chi connectivity index (χ3n) is 3.29. The van der Waals surface area contributed by atoms with Gasteiger partial charge in [-0.15, -0.1) is 11.8 Å². The number of amides is 1. The van der Waals surface area contributed by atoms with Gasteiger partial charge < -0.3 is 11.1 Å². The lowest BCUT2D eigenvalue weighted by molar-refractivity contribution is -0.115. The molecule has 0 bridgehead atoms. The molecule has 0 aromatic heterocycles. The lowest BCUT2D eigenvalue weighted by Crippen LogP contribution is -2.24. The van der Waals surface area contributed by atoms with E-state index in [4.69, 9.17) is 5.73 Å². The van der Waals surface area contributed by atoms with Gasteiger partial charge in [0, 0.05) is 16.3 Å². The van der Waals surface area contributed by atoms with Gasteiger partial charge in [-0.05, 0) is 61.7 Å². The molecular formula is C18H22N2OS. The summed E-state index contributed by atoms with van der Waals surface area (Å²) in [4.78, 5) is 13.5. The molecule has 0 aliphatic heterocycles. The van der Waals surface area contributed by atoms with Crippen LogP contribution >= 0.6 is 11.8 Å². The van der Waals surface area contributed by atoms with Gasteiger partial charge in [-0.1, -0.05) is 19.1 Å². The second-order valence-electron chi connectivity index (χ2n) is 5.45. The van der Waals surface area contributed by atoms with E-state index >= 15 is 0 Å². The number of hydrogen-bond acceptors (Lipinski definition) is 3. The van der Waals surface area contributed by atoms with Gasteiger partial charge in [0.05, 0.1) is 5.25 Å². The molecule has 0 saturated carbocycles. The smallest absolute Gasteiger partial charge is 0.237 e. The number of carbonyl (C=O) groups excluding carboxylic acids is 1. The molecule has 4 heteroatoms. The van der Waals surface area contributed by atoms with Gasteiger partial charge in [-0.2, -0.15) is 0 Å². The van der Waals surface area contributed by atoms with Gasteiger partial charge in [0.2, 0.25) is 5.91 Å². The van der Waals surface area contributed by atoms with Crippen LogP contribution in [0.5, 0.6) is 0 Å². The molecule has 22 heavy (non-hydrogen) atoms. The molecular weight excluding hydrogens is 292 g/mol. The van der Waals surface area contributed by atoms with E-state index < -0.39 is 0 Å². The highest BCUT2D eigenvalue weighted by Gasteiger charge is 2.18. The van der Waals surface area contributed by atoms with Crippen molar-refractivity contribution in [2.24, 2.45) is 0 Å². The van der Waals surface area contributed by atoms with Crippen molar-refractivity contribution in [1.29, 1.82) is 0 Å². The number of aryl methyl sites for hydroxylation is 2. The minimum absolute atomic E-state index is 0.0277. The van der Waals surface area contributed by atoms with Crippen molar-refractivity contribution in [1.82, 2.24) is 0 Å². The zero-order chi connectivity index (χ0) is 16.1. The Morgan fingerprint density at radius 1 is 1.18 bits per heavy atom. The van der Waals surface area contributed by atoms with E-state index in [0.717, 1.165) is 33.8 Å². The van der Waals surface area contributed by atoms with E-state index in [1.807, 2.05) is 57.2 Å². The Bertz CT molecular complexity index is 650. The predicted octanol–water partition coefficient (Wildman–Crippen LogP) is 4.40. The van der Waals surface area contributed by atoms with Crippen LogP contribution in [-0.2, 0) is 4.79 Å². The lowest BCUT2D eigenvalue weighted by Gasteiger charge is -2.15. The maximum absolute atomic E-state index is 12.5. The van der Waals surface area contributed by atoms with Gasteiger partial charge in [0.15, 0.2) is 0 Å². The summed E-state index contributed by atoms with van der Waals surface area (Å²) in [7, 11) is 0. The number of hydrogen-bond donors (Lipinski definition) is 2. The highest BCUT2D eigenvalue weighted by molar-refractivity contribution is 8.00. The molecule has 0 radical (unpaired) electrons. The second kappa shape index (κ2) is 7.36. The average Bonchev–Trinajstić information content (AvgIpc) is 2.43. The molecule has 2 rings (SSSR count). The Morgan fingerprint density at radius 2 is 1.86 bits per heavy atom. The van der Waals surface area contributed by atoms with Crippen molar-refractivity contribution < 1.29 is 4.79 Å². The fourth-order valence-corrected chi connectivity index (χ4v) is 3.37. The SMILES string of the molecule is CCC(Sc1cccc(N)c1)C(=O)Nc1cc(C)cc(C)c1. The molecule has 0 aliphatic rings. The summed E-state index contributed by atoms with van der Waals surface area (Å²) in [6.07, 6.45) is 0.760. The molecule has 0 heterocycles. The average molecular weight is 314 g/mol. The van der Waals surface area contributed by atoms with Crippen LogP contribution in [0.25, 0.3) is 0 Å². The summed E-state index contributed by atoms with van der Waals surface area (Å²) in [6, 6.07) is 13.7. The molecule has 0 spiro atoms. The van der Waals surface area contributed by atoms with Crippen molar-refractivity contribution in [3.8, 4) is 0 Å². The molecule has 2 aromatic rings. The molecule has 2 aromatic carbocycles. The van der Waals surface area contributed by atoms with E-state index in [-0.39, 0.29) is 11.2 Å². The van der Waals surface area contributed by atoms with E-state index in [2.05, 4.69) is 11.4 Å². The number of benzene rings is 2. The minimum atomic E-state index is -0.136. The van der Waals surface area contributed by atoms with E-state index in [1.54, 1.807) is 11.8 Å². The summed E-state index contributed by atoms with van der Waals surface area (Å²) in [5.41, 5.74) is 9.66. The van der Waals surface area contributed by atoms with Crippen LogP contribution in [0, 0.1) is 13.8 Å². The topological polar surface area (TPSA) is 55.1 Å². The monoisotopic (exact) mass is 314 g/mol. The first kappa shape index (κ1) is 16.4. The third kappa shape index (κ3) is 4.53. The fourth-order valence-electron chi connectivity index (χ4n) is 2.34. The van der Waals surface area contributed by atoms with Crippen LogP contribution in [0.2, 0.25) is 0 Å². The zero-order valence-corrected chi connectivity index (χ0v) is 14.0. The maximum Gasteiger partial charge on any atom is 0.237 e. The van der Waals surface area contributed by atoms with E-state index in [1.165, 1.54) is 0 Å². The first-order valence-corrected chi connectivity index (χ1v) is 8.27. The normalized spacial score (nSPS) is 12.0. The number of anilines is 2. The molecule has 0 aliphatic carbocycles. The number of nitrogens with two attached hydrogens (primary N) is 1. The van der Waals surface area contributed by atoms with E-state index in [0.29, 0.717) is 0 Å². The second-order valence-corrected chi connectivity index (χ2v) is 6.73. The lowest BCUT2D eigenvalue weighted by atomic mass is 10.1. The Labute approximate surface area is 136 Å². The van der Waals surface area contributed by atoms with Crippen LogP contribution in [-0.4, -0.2) is 11.2 Å². The van der Waals surface area contributed by atoms with Gasteiger partial charge in [0.25, 0.3) is 0 Å². The summed E-state index contributed by atoms with van der Waals surface area (Å²) in [5.74, 6) is 0.0277. The number of nitrogen functional groups attached to an aromatic ring is 1. The number of nitrogens with one attached hydrogen (secondary N) is 1. The van der Waals surface area contributed by atoms with Crippen molar-refractivity contribution in [2.75, 3.05) is 11.1 Å². The van der Waals surface area contributed by atoms with Crippen molar-refractivity contribution in [3.05, 3.63) is 53.6 Å². The third-order valence-corrected chi connectivity index (χ3v) is 4.65. The van der Waals surface area contributed by atoms with Crippen LogP contribution in [0.1, 0.15) is 24.5 Å². The van der Waals surface area contributed by atoms with Crippen molar-refractivity contribution in [3.63, 3.8) is 0 Å². The molecule has 1 atom stereocenters. The van der Waals surface area contributed by atoms with E-state index in [9.17, 15) is 4.79 Å². The van der Waals surface area contributed by atoms with Gasteiger partial charge >= 0.3 is 0 Å². The predicted molar refractivity (Wildman–Crippen MR) is 95.3 cm³/mol. The molecule has 0 fully saturated rings. The first-order valence-electron chi connectivity index (χ1n) is 7.39. The molecule has 116 valence electrons. The van der Waals surface area contributed by atoms with Crippen molar-refractivity contribution in [2.45, 2.75) is 37.3 Å². The van der Waals surface area contributed by atoms with Gasteiger partial charge in [-0.3, -0.25) is 4.79 Å². The van der Waals surface area contributed by atoms with Crippen LogP contribution < -0.4 is 11.1 Å². The maximum atomic E-state index is 12.5. The molecule has 1 amide bonds.